The molecular formula is C19H17BrFNO2. The van der Waals surface area contributed by atoms with Crippen LogP contribution in [0.25, 0.3) is 22.0 Å². The fourth-order valence-corrected chi connectivity index (χ4v) is 2.90. The maximum Gasteiger partial charge on any atom is 0.338 e. The van der Waals surface area contributed by atoms with Gasteiger partial charge < -0.3 is 5.11 Å². The summed E-state index contributed by atoms with van der Waals surface area (Å²) < 4.78 is 14.0. The number of nitrogens with zero attached hydrogens (tertiary/aromatic N) is 1. The van der Waals surface area contributed by atoms with Gasteiger partial charge in [0.25, 0.3) is 0 Å². The van der Waals surface area contributed by atoms with E-state index >= 15 is 0 Å². The average molecular weight is 390 g/mol. The van der Waals surface area contributed by atoms with Crippen molar-refractivity contribution in [3.8, 4) is 11.1 Å². The van der Waals surface area contributed by atoms with Crippen LogP contribution in [-0.4, -0.2) is 16.1 Å². The van der Waals surface area contributed by atoms with E-state index < -0.39 is 5.97 Å². The number of benzene rings is 2. The summed E-state index contributed by atoms with van der Waals surface area (Å²) in [4.78, 5) is 16.1. The lowest BCUT2D eigenvalue weighted by atomic mass is 9.94. The molecule has 3 nitrogen and oxygen atoms in total. The molecule has 3 rings (SSSR count). The maximum absolute atomic E-state index is 13.2. The van der Waals surface area contributed by atoms with Gasteiger partial charge in [0.05, 0.1) is 16.8 Å². The van der Waals surface area contributed by atoms with E-state index in [1.165, 1.54) is 12.1 Å². The van der Waals surface area contributed by atoms with Crippen LogP contribution in [-0.2, 0) is 0 Å². The lowest BCUT2D eigenvalue weighted by molar-refractivity contribution is 0.0696. The third-order valence-electron chi connectivity index (χ3n) is 3.47. The van der Waals surface area contributed by atoms with Crippen molar-refractivity contribution in [2.24, 2.45) is 0 Å². The third-order valence-corrected chi connectivity index (χ3v) is 3.97. The summed E-state index contributed by atoms with van der Waals surface area (Å²) in [5, 5.41) is 10.3. The predicted octanol–water partition coefficient (Wildman–Crippen LogP) is 5.84. The second kappa shape index (κ2) is 7.53. The minimum Gasteiger partial charge on any atom is -0.478 e. The lowest BCUT2D eigenvalue weighted by Crippen LogP contribution is -2.06. The number of aryl methyl sites for hydroxylation is 1. The zero-order valence-electron chi connectivity index (χ0n) is 13.6. The highest BCUT2D eigenvalue weighted by atomic mass is 79.9. The number of halogens is 2. The molecule has 0 aliphatic heterocycles. The lowest BCUT2D eigenvalue weighted by Gasteiger charge is -2.13. The Morgan fingerprint density at radius 2 is 1.75 bits per heavy atom. The summed E-state index contributed by atoms with van der Waals surface area (Å²) in [5.74, 6) is -1.41. The van der Waals surface area contributed by atoms with Crippen molar-refractivity contribution in [2.75, 3.05) is 0 Å². The van der Waals surface area contributed by atoms with Crippen LogP contribution in [0.4, 0.5) is 4.39 Å². The molecule has 3 aromatic rings. The Morgan fingerprint density at radius 1 is 1.12 bits per heavy atom. The summed E-state index contributed by atoms with van der Waals surface area (Å²) in [6.45, 7) is 5.66. The number of aromatic nitrogens is 1. The molecule has 0 aliphatic rings. The van der Waals surface area contributed by atoms with Gasteiger partial charge in [-0.05, 0) is 42.8 Å². The van der Waals surface area contributed by atoms with E-state index in [1.807, 2.05) is 32.0 Å². The van der Waals surface area contributed by atoms with Gasteiger partial charge in [-0.2, -0.15) is 0 Å². The SMILES string of the molecule is CC.Cc1nc2ccc(Br)cc2c(-c2ccc(F)cc2)c1C(=O)O. The molecule has 1 N–H and O–H groups in total. The molecule has 0 fully saturated rings. The molecule has 0 bridgehead atoms. The van der Waals surface area contributed by atoms with Gasteiger partial charge in [-0.25, -0.2) is 9.18 Å². The van der Waals surface area contributed by atoms with Crippen LogP contribution >= 0.6 is 15.9 Å². The molecule has 0 radical (unpaired) electrons. The standard InChI is InChI=1S/C17H11BrFNO2.C2H6/c1-9-15(17(21)22)16(10-2-5-12(19)6-3-10)13-8-11(18)4-7-14(13)20-9;1-2/h2-8H,1H3,(H,21,22);1-2H3. The van der Waals surface area contributed by atoms with Crippen LogP contribution in [0.2, 0.25) is 0 Å². The summed E-state index contributed by atoms with van der Waals surface area (Å²) in [5.41, 5.74) is 2.47. The fourth-order valence-electron chi connectivity index (χ4n) is 2.54. The van der Waals surface area contributed by atoms with Crippen molar-refractivity contribution in [2.45, 2.75) is 20.8 Å². The predicted molar refractivity (Wildman–Crippen MR) is 97.9 cm³/mol. The zero-order valence-corrected chi connectivity index (χ0v) is 15.2. The number of aromatic carboxylic acids is 1. The Labute approximate surface area is 148 Å². The Morgan fingerprint density at radius 3 is 2.33 bits per heavy atom. The van der Waals surface area contributed by atoms with Crippen LogP contribution in [0, 0.1) is 12.7 Å². The van der Waals surface area contributed by atoms with Gasteiger partial charge in [-0.3, -0.25) is 4.98 Å². The van der Waals surface area contributed by atoms with Crippen LogP contribution in [0.5, 0.6) is 0 Å². The first-order chi connectivity index (χ1) is 11.5. The second-order valence-electron chi connectivity index (χ2n) is 4.92. The van der Waals surface area contributed by atoms with E-state index in [4.69, 9.17) is 0 Å². The topological polar surface area (TPSA) is 50.2 Å². The first-order valence-electron chi connectivity index (χ1n) is 7.56. The van der Waals surface area contributed by atoms with Gasteiger partial charge in [0, 0.05) is 15.4 Å². The van der Waals surface area contributed by atoms with Crippen molar-refractivity contribution in [1.82, 2.24) is 4.98 Å². The van der Waals surface area contributed by atoms with E-state index in [0.29, 0.717) is 27.7 Å². The average Bonchev–Trinajstić information content (AvgIpc) is 2.56. The molecule has 5 heteroatoms. The number of hydrogen-bond acceptors (Lipinski definition) is 2. The molecule has 0 unspecified atom stereocenters. The number of hydrogen-bond donors (Lipinski definition) is 1. The smallest absolute Gasteiger partial charge is 0.338 e. The highest BCUT2D eigenvalue weighted by Gasteiger charge is 2.20. The highest BCUT2D eigenvalue weighted by Crippen LogP contribution is 2.34. The molecule has 2 aromatic carbocycles. The number of carboxylic acid groups (broad SMARTS) is 1. The fraction of sp³-hybridized carbons (Fsp3) is 0.158. The maximum atomic E-state index is 13.2. The van der Waals surface area contributed by atoms with Gasteiger partial charge in [-0.1, -0.05) is 41.9 Å². The normalized spacial score (nSPS) is 10.2. The van der Waals surface area contributed by atoms with Gasteiger partial charge in [0.1, 0.15) is 5.82 Å². The molecular weight excluding hydrogens is 373 g/mol. The molecule has 0 amide bonds. The summed E-state index contributed by atoms with van der Waals surface area (Å²) in [6.07, 6.45) is 0. The number of pyridine rings is 1. The van der Waals surface area contributed by atoms with E-state index in [-0.39, 0.29) is 11.4 Å². The molecule has 0 spiro atoms. The van der Waals surface area contributed by atoms with Gasteiger partial charge >= 0.3 is 5.97 Å². The van der Waals surface area contributed by atoms with Crippen molar-refractivity contribution in [3.05, 3.63) is 64.0 Å². The van der Waals surface area contributed by atoms with E-state index in [9.17, 15) is 14.3 Å². The minimum atomic E-state index is -1.05. The molecule has 0 saturated carbocycles. The van der Waals surface area contributed by atoms with E-state index in [1.54, 1.807) is 19.1 Å². The van der Waals surface area contributed by atoms with Crippen LogP contribution in [0.15, 0.2) is 46.9 Å². The summed E-state index contributed by atoms with van der Waals surface area (Å²) >= 11 is 3.40. The Kier molecular flexibility index (Phi) is 5.67. The minimum absolute atomic E-state index is 0.136. The summed E-state index contributed by atoms with van der Waals surface area (Å²) in [6, 6.07) is 11.3. The van der Waals surface area contributed by atoms with Crippen LogP contribution < -0.4 is 0 Å². The first-order valence-corrected chi connectivity index (χ1v) is 8.36. The molecule has 0 atom stereocenters. The Hall–Kier alpha value is -2.27. The highest BCUT2D eigenvalue weighted by molar-refractivity contribution is 9.10. The Bertz CT molecular complexity index is 892. The molecule has 124 valence electrons. The molecule has 0 saturated heterocycles. The van der Waals surface area contributed by atoms with Crippen LogP contribution in [0.3, 0.4) is 0 Å². The quantitative estimate of drug-likeness (QED) is 0.599. The number of fused-ring (bicyclic) bond motifs is 1. The largest absolute Gasteiger partial charge is 0.478 e. The monoisotopic (exact) mass is 389 g/mol. The number of carbonyl (C=O) groups is 1. The van der Waals surface area contributed by atoms with Crippen LogP contribution in [0.1, 0.15) is 29.9 Å². The third kappa shape index (κ3) is 3.46. The van der Waals surface area contributed by atoms with Gasteiger partial charge in [0.2, 0.25) is 0 Å². The van der Waals surface area contributed by atoms with Crippen molar-refractivity contribution < 1.29 is 14.3 Å². The molecule has 1 aromatic heterocycles. The van der Waals surface area contributed by atoms with Gasteiger partial charge in [0.15, 0.2) is 0 Å². The molecule has 1 heterocycles. The summed E-state index contributed by atoms with van der Waals surface area (Å²) in [7, 11) is 0. The molecule has 0 aliphatic carbocycles. The van der Waals surface area contributed by atoms with Gasteiger partial charge in [-0.15, -0.1) is 0 Å². The number of rotatable bonds is 2. The Balaban J connectivity index is 0.00000100. The number of carboxylic acids is 1. The molecule has 24 heavy (non-hydrogen) atoms. The van der Waals surface area contributed by atoms with Crippen molar-refractivity contribution in [3.63, 3.8) is 0 Å². The first kappa shape index (κ1) is 18.1. The van der Waals surface area contributed by atoms with Crippen molar-refractivity contribution >= 4 is 32.8 Å². The second-order valence-corrected chi connectivity index (χ2v) is 5.84. The van der Waals surface area contributed by atoms with E-state index in [2.05, 4.69) is 20.9 Å². The zero-order chi connectivity index (χ0) is 17.9. The van der Waals surface area contributed by atoms with Crippen molar-refractivity contribution in [1.29, 1.82) is 0 Å². The van der Waals surface area contributed by atoms with E-state index in [0.717, 1.165) is 4.47 Å².